The minimum atomic E-state index is 0.680. The Bertz CT molecular complexity index is 718. The molecule has 0 bridgehead atoms. The number of nitriles is 1. The van der Waals surface area contributed by atoms with Crippen molar-refractivity contribution in [2.24, 2.45) is 0 Å². The highest BCUT2D eigenvalue weighted by Crippen LogP contribution is 2.37. The van der Waals surface area contributed by atoms with Gasteiger partial charge in [0.2, 0.25) is 0 Å². The van der Waals surface area contributed by atoms with Crippen LogP contribution in [0.2, 0.25) is 5.02 Å². The number of aromatic nitrogens is 1. The van der Waals surface area contributed by atoms with Crippen molar-refractivity contribution in [2.45, 2.75) is 24.3 Å². The van der Waals surface area contributed by atoms with Crippen LogP contribution in [-0.2, 0) is 0 Å². The van der Waals surface area contributed by atoms with Gasteiger partial charge in [-0.05, 0) is 43.7 Å². The van der Waals surface area contributed by atoms with E-state index in [0.717, 1.165) is 34.7 Å². The molecule has 0 N–H and O–H groups in total. The van der Waals surface area contributed by atoms with Crippen LogP contribution in [-0.4, -0.2) is 24.3 Å². The lowest BCUT2D eigenvalue weighted by Gasteiger charge is -2.31. The Hall–Kier alpha value is -1.44. The number of nitrogens with zero attached hydrogens (tertiary/aromatic N) is 3. The second-order valence-corrected chi connectivity index (χ2v) is 6.40. The Morgan fingerprint density at radius 1 is 1.29 bits per heavy atom. The summed E-state index contributed by atoms with van der Waals surface area (Å²) in [6.45, 7) is 1.99. The Morgan fingerprint density at radius 2 is 2.05 bits per heavy atom. The number of hydrogen-bond donors (Lipinski definition) is 0. The number of fused-ring (bicyclic) bond motifs is 1. The van der Waals surface area contributed by atoms with Crippen molar-refractivity contribution in [3.05, 3.63) is 28.8 Å². The summed E-state index contributed by atoms with van der Waals surface area (Å²) in [5, 5.41) is 12.1. The Balaban J connectivity index is 2.30. The fourth-order valence-electron chi connectivity index (χ4n) is 2.89. The van der Waals surface area contributed by atoms with E-state index in [-0.39, 0.29) is 0 Å². The van der Waals surface area contributed by atoms with Crippen molar-refractivity contribution in [2.75, 3.05) is 24.2 Å². The molecule has 21 heavy (non-hydrogen) atoms. The van der Waals surface area contributed by atoms with Crippen LogP contribution in [0.25, 0.3) is 10.9 Å². The first kappa shape index (κ1) is 14.5. The maximum atomic E-state index is 9.63. The van der Waals surface area contributed by atoms with Gasteiger partial charge in [-0.2, -0.15) is 5.26 Å². The van der Waals surface area contributed by atoms with Crippen LogP contribution in [0.5, 0.6) is 0 Å². The quantitative estimate of drug-likeness (QED) is 0.766. The number of halogens is 1. The Morgan fingerprint density at radius 3 is 2.71 bits per heavy atom. The third-order valence-corrected chi connectivity index (χ3v) is 4.78. The summed E-state index contributed by atoms with van der Waals surface area (Å²) in [5.41, 5.74) is 2.59. The fraction of sp³-hybridized carbons (Fsp3) is 0.375. The molecule has 0 unspecified atom stereocenters. The molecule has 3 nitrogen and oxygen atoms in total. The smallest absolute Gasteiger partial charge is 0.116 e. The van der Waals surface area contributed by atoms with E-state index in [1.54, 1.807) is 0 Å². The van der Waals surface area contributed by atoms with Crippen molar-refractivity contribution in [1.29, 1.82) is 5.26 Å². The van der Waals surface area contributed by atoms with Crippen molar-refractivity contribution in [1.82, 2.24) is 4.98 Å². The number of thioether (sulfide) groups is 1. The first-order chi connectivity index (χ1) is 10.2. The molecule has 0 saturated carbocycles. The van der Waals surface area contributed by atoms with Gasteiger partial charge in [0.25, 0.3) is 0 Å². The summed E-state index contributed by atoms with van der Waals surface area (Å²) >= 11 is 7.69. The lowest BCUT2D eigenvalue weighted by atomic mass is 10.0. The number of anilines is 1. The molecule has 0 spiro atoms. The SMILES string of the molecule is CSc1nc2ccc(Cl)cc2c(N2CCCCC2)c1C#N. The molecule has 108 valence electrons. The van der Waals surface area contributed by atoms with Gasteiger partial charge in [-0.25, -0.2) is 4.98 Å². The normalized spacial score (nSPS) is 15.2. The van der Waals surface area contributed by atoms with E-state index < -0.39 is 0 Å². The third kappa shape index (κ3) is 2.68. The molecule has 5 heteroatoms. The highest BCUT2D eigenvalue weighted by Gasteiger charge is 2.21. The van der Waals surface area contributed by atoms with Crippen molar-refractivity contribution in [3.63, 3.8) is 0 Å². The number of pyridine rings is 1. The molecule has 1 fully saturated rings. The maximum Gasteiger partial charge on any atom is 0.116 e. The molecule has 3 rings (SSSR count). The van der Waals surface area contributed by atoms with Gasteiger partial charge in [0.1, 0.15) is 16.7 Å². The van der Waals surface area contributed by atoms with Gasteiger partial charge >= 0.3 is 0 Å². The average Bonchev–Trinajstić information content (AvgIpc) is 2.53. The van der Waals surface area contributed by atoms with E-state index in [0.29, 0.717) is 10.6 Å². The molecule has 2 heterocycles. The van der Waals surface area contributed by atoms with E-state index in [1.807, 2.05) is 24.5 Å². The predicted molar refractivity (Wildman–Crippen MR) is 89.3 cm³/mol. The summed E-state index contributed by atoms with van der Waals surface area (Å²) in [6, 6.07) is 8.08. The standard InChI is InChI=1S/C16H16ClN3S/c1-21-16-13(10-18)15(20-7-3-2-4-8-20)12-9-11(17)5-6-14(12)19-16/h5-6,9H,2-4,7-8H2,1H3. The van der Waals surface area contributed by atoms with Gasteiger partial charge in [-0.3, -0.25) is 0 Å². The highest BCUT2D eigenvalue weighted by molar-refractivity contribution is 7.98. The lowest BCUT2D eigenvalue weighted by Crippen LogP contribution is -2.30. The number of hydrogen-bond acceptors (Lipinski definition) is 4. The second-order valence-electron chi connectivity index (χ2n) is 5.17. The van der Waals surface area contributed by atoms with Crippen LogP contribution in [0, 0.1) is 11.3 Å². The van der Waals surface area contributed by atoms with E-state index in [4.69, 9.17) is 11.6 Å². The molecule has 2 aromatic rings. The van der Waals surface area contributed by atoms with Crippen molar-refractivity contribution in [3.8, 4) is 6.07 Å². The third-order valence-electron chi connectivity index (χ3n) is 3.86. The number of rotatable bonds is 2. The molecular weight excluding hydrogens is 302 g/mol. The molecule has 0 aliphatic carbocycles. The van der Waals surface area contributed by atoms with Gasteiger partial charge in [-0.15, -0.1) is 11.8 Å². The van der Waals surface area contributed by atoms with Gasteiger partial charge < -0.3 is 4.90 Å². The van der Waals surface area contributed by atoms with Crippen LogP contribution in [0.4, 0.5) is 5.69 Å². The minimum absolute atomic E-state index is 0.680. The lowest BCUT2D eigenvalue weighted by molar-refractivity contribution is 0.578. The summed E-state index contributed by atoms with van der Waals surface area (Å²) in [4.78, 5) is 6.94. The second kappa shape index (κ2) is 6.13. The molecule has 0 radical (unpaired) electrons. The predicted octanol–water partition coefficient (Wildman–Crippen LogP) is 4.47. The van der Waals surface area contributed by atoms with Crippen LogP contribution < -0.4 is 4.90 Å². The van der Waals surface area contributed by atoms with Crippen molar-refractivity contribution >= 4 is 40.0 Å². The maximum absolute atomic E-state index is 9.63. The van der Waals surface area contributed by atoms with Crippen LogP contribution in [0.3, 0.4) is 0 Å². The first-order valence-electron chi connectivity index (χ1n) is 7.07. The zero-order valence-corrected chi connectivity index (χ0v) is 13.5. The average molecular weight is 318 g/mol. The number of benzene rings is 1. The summed E-state index contributed by atoms with van der Waals surface area (Å²) in [7, 11) is 0. The molecule has 0 amide bonds. The topological polar surface area (TPSA) is 39.9 Å². The molecule has 1 aromatic heterocycles. The summed E-state index contributed by atoms with van der Waals surface area (Å²) < 4.78 is 0. The van der Waals surface area contributed by atoms with Gasteiger partial charge in [-0.1, -0.05) is 11.6 Å². The first-order valence-corrected chi connectivity index (χ1v) is 8.67. The molecule has 1 saturated heterocycles. The zero-order valence-electron chi connectivity index (χ0n) is 11.9. The van der Waals surface area contributed by atoms with Crippen LogP contribution >= 0.6 is 23.4 Å². The van der Waals surface area contributed by atoms with Crippen molar-refractivity contribution < 1.29 is 0 Å². The highest BCUT2D eigenvalue weighted by atomic mass is 35.5. The monoisotopic (exact) mass is 317 g/mol. The van der Waals surface area contributed by atoms with E-state index >= 15 is 0 Å². The molecule has 1 aromatic carbocycles. The molecule has 1 aliphatic heterocycles. The molecule has 1 aliphatic rings. The van der Waals surface area contributed by atoms with Gasteiger partial charge in [0.05, 0.1) is 11.2 Å². The zero-order chi connectivity index (χ0) is 14.8. The molecule has 0 atom stereocenters. The Labute approximate surface area is 133 Å². The molecular formula is C16H16ClN3S. The minimum Gasteiger partial charge on any atom is -0.370 e. The van der Waals surface area contributed by atoms with E-state index in [1.165, 1.54) is 31.0 Å². The van der Waals surface area contributed by atoms with Crippen LogP contribution in [0.1, 0.15) is 24.8 Å². The van der Waals surface area contributed by atoms with E-state index in [2.05, 4.69) is 16.0 Å². The summed E-state index contributed by atoms with van der Waals surface area (Å²) in [5.74, 6) is 0. The van der Waals surface area contributed by atoms with Crippen LogP contribution in [0.15, 0.2) is 23.2 Å². The van der Waals surface area contributed by atoms with E-state index in [9.17, 15) is 5.26 Å². The Kier molecular flexibility index (Phi) is 4.23. The van der Waals surface area contributed by atoms with Gasteiger partial charge in [0.15, 0.2) is 0 Å². The van der Waals surface area contributed by atoms with Gasteiger partial charge in [0, 0.05) is 23.5 Å². The fourth-order valence-corrected chi connectivity index (χ4v) is 3.60. The number of piperidine rings is 1. The largest absolute Gasteiger partial charge is 0.370 e. The summed E-state index contributed by atoms with van der Waals surface area (Å²) in [6.07, 6.45) is 5.57.